The lowest BCUT2D eigenvalue weighted by Crippen LogP contribution is -2.09. The molecule has 0 amide bonds. The van der Waals surface area contributed by atoms with E-state index in [2.05, 4.69) is 484 Å². The zero-order chi connectivity index (χ0) is 81.1. The van der Waals surface area contributed by atoms with Gasteiger partial charge in [-0.05, 0) is 300 Å². The summed E-state index contributed by atoms with van der Waals surface area (Å²) in [6, 6.07) is 163. The lowest BCUT2D eigenvalue weighted by atomic mass is 9.98. The monoisotopic (exact) mass is 1550 g/mol. The number of rotatable bonds is 15. The van der Waals surface area contributed by atoms with E-state index in [0.29, 0.717) is 0 Å². The first-order chi connectivity index (χ1) is 59.6. The predicted octanol–water partition coefficient (Wildman–Crippen LogP) is 32.3. The molecule has 0 unspecified atom stereocenters. The zero-order valence-corrected chi connectivity index (χ0v) is 68.2. The van der Waals surface area contributed by atoms with Crippen LogP contribution in [0.3, 0.4) is 0 Å². The molecule has 3 heteroatoms. The Bertz CT molecular complexity index is 6780. The van der Waals surface area contributed by atoms with Crippen LogP contribution in [0.1, 0.15) is 50.1 Å². The van der Waals surface area contributed by atoms with Crippen LogP contribution in [0.15, 0.2) is 449 Å². The van der Waals surface area contributed by atoms with E-state index in [4.69, 9.17) is 0 Å². The van der Waals surface area contributed by atoms with Gasteiger partial charge >= 0.3 is 0 Å². The minimum atomic E-state index is 1.01. The maximum Gasteiger partial charge on any atom is 0.0462 e. The number of aryl methyl sites for hydroxylation is 3. The van der Waals surface area contributed by atoms with Crippen LogP contribution in [0, 0.1) is 20.8 Å². The third-order valence-electron chi connectivity index (χ3n) is 24.3. The smallest absolute Gasteiger partial charge is 0.0462 e. The molecule has 0 radical (unpaired) electrons. The number of nitrogens with zero attached hydrogens (tertiary/aromatic N) is 3. The van der Waals surface area contributed by atoms with Crippen LogP contribution >= 0.6 is 0 Å². The van der Waals surface area contributed by atoms with E-state index in [1.165, 1.54) is 161 Å². The molecule has 19 aromatic carbocycles. The van der Waals surface area contributed by atoms with Crippen LogP contribution in [0.5, 0.6) is 0 Å². The van der Waals surface area contributed by atoms with Crippen LogP contribution in [0.4, 0.5) is 51.2 Å². The molecule has 0 fully saturated rings. The molecule has 22 rings (SSSR count). The summed E-state index contributed by atoms with van der Waals surface area (Å²) in [5.41, 5.74) is 45.6. The topological polar surface area (TPSA) is 9.72 Å². The minimum absolute atomic E-state index is 1.01. The van der Waals surface area contributed by atoms with Crippen LogP contribution in [0.25, 0.3) is 111 Å². The normalized spacial score (nSPS) is 11.7. The van der Waals surface area contributed by atoms with Gasteiger partial charge in [-0.25, -0.2) is 0 Å². The summed E-state index contributed by atoms with van der Waals surface area (Å²) in [5, 5.41) is 2.53. The average Bonchev–Trinajstić information content (AvgIpc) is 1.65. The van der Waals surface area contributed by atoms with Crippen molar-refractivity contribution in [2.75, 3.05) is 14.7 Å². The number of hydrogen-bond acceptors (Lipinski definition) is 3. The lowest BCUT2D eigenvalue weighted by Gasteiger charge is -2.26. The van der Waals surface area contributed by atoms with Gasteiger partial charge in [-0.2, -0.15) is 0 Å². The number of anilines is 9. The van der Waals surface area contributed by atoms with Gasteiger partial charge in [0, 0.05) is 51.2 Å². The highest BCUT2D eigenvalue weighted by atomic mass is 15.2. The Morgan fingerprint density at radius 2 is 0.339 bits per heavy atom. The maximum absolute atomic E-state index is 2.37. The summed E-state index contributed by atoms with van der Waals surface area (Å²) in [6.07, 6.45) is 3.03. The largest absolute Gasteiger partial charge is 0.311 e. The highest BCUT2D eigenvalue weighted by Crippen LogP contribution is 2.46. The maximum atomic E-state index is 2.37. The molecule has 0 N–H and O–H groups in total. The van der Waals surface area contributed by atoms with Gasteiger partial charge in [-0.3, -0.25) is 0 Å². The molecule has 3 aliphatic rings. The van der Waals surface area contributed by atoms with Crippen molar-refractivity contribution in [3.63, 3.8) is 0 Å². The lowest BCUT2D eigenvalue weighted by molar-refractivity contribution is 1.26. The summed E-state index contributed by atoms with van der Waals surface area (Å²) >= 11 is 0. The van der Waals surface area contributed by atoms with Gasteiger partial charge < -0.3 is 14.7 Å². The van der Waals surface area contributed by atoms with Gasteiger partial charge in [0.1, 0.15) is 0 Å². The fourth-order valence-electron chi connectivity index (χ4n) is 17.8. The molecular formula is C118H89N3. The Hall–Kier alpha value is -15.2. The van der Waals surface area contributed by atoms with Crippen molar-refractivity contribution in [3.8, 4) is 100 Å². The summed E-state index contributed by atoms with van der Waals surface area (Å²) in [5.74, 6) is 0. The van der Waals surface area contributed by atoms with Gasteiger partial charge in [0.25, 0.3) is 0 Å². The van der Waals surface area contributed by atoms with Crippen molar-refractivity contribution in [3.05, 3.63) is 499 Å². The van der Waals surface area contributed by atoms with E-state index in [0.717, 1.165) is 70.4 Å². The van der Waals surface area contributed by atoms with Crippen LogP contribution < -0.4 is 14.7 Å². The molecule has 0 bridgehead atoms. The van der Waals surface area contributed by atoms with E-state index in [-0.39, 0.29) is 0 Å². The Labute approximate surface area is 711 Å². The standard InChI is InChI=1S/C45H33N.C38H29N.C35H27N/c1-30-10-18-39(19-11-30)46(40-20-12-31(13-21-40)33-16-24-44-37(26-33)28-35-6-2-4-8-42(35)44)41-22-14-32(15-23-41)34-17-25-45-38(27-34)29-36-7-3-5-9-43(36)45;1-27-11-18-34(19-12-27)39(35-20-13-29(14-21-35)28-7-3-2-4-8-28)36-22-15-30(16-23-36)31-17-24-38-33(25-31)26-32-9-5-6-10-37(32)38;1-26-11-19-33(20-12-26)36(34-21-15-29(16-22-34)27-7-3-2-4-8-27)35-23-17-30(18-24-35)32-14-13-28-9-5-6-10-31(28)25-32/h2-27H,28-29H2,1H3;2-25H,26H2,1H3;2-25H,1H3. The molecule has 576 valence electrons. The van der Waals surface area contributed by atoms with Crippen molar-refractivity contribution in [1.82, 2.24) is 0 Å². The van der Waals surface area contributed by atoms with Gasteiger partial charge in [0.15, 0.2) is 0 Å². The van der Waals surface area contributed by atoms with Crippen molar-refractivity contribution >= 4 is 62.0 Å². The number of hydrogen-bond donors (Lipinski definition) is 0. The summed E-state index contributed by atoms with van der Waals surface area (Å²) in [4.78, 5) is 7.00. The highest BCUT2D eigenvalue weighted by molar-refractivity contribution is 5.91. The summed E-state index contributed by atoms with van der Waals surface area (Å²) in [6.45, 7) is 6.40. The molecule has 121 heavy (non-hydrogen) atoms. The van der Waals surface area contributed by atoms with Crippen LogP contribution in [-0.2, 0) is 19.3 Å². The predicted molar refractivity (Wildman–Crippen MR) is 512 cm³/mol. The zero-order valence-electron chi connectivity index (χ0n) is 68.2. The van der Waals surface area contributed by atoms with E-state index in [1.54, 1.807) is 0 Å². The first kappa shape index (κ1) is 74.6. The molecule has 0 saturated carbocycles. The first-order valence-corrected chi connectivity index (χ1v) is 42.1. The Balaban J connectivity index is 0.000000117. The van der Waals surface area contributed by atoms with Crippen molar-refractivity contribution in [1.29, 1.82) is 0 Å². The first-order valence-electron chi connectivity index (χ1n) is 42.1. The van der Waals surface area contributed by atoms with Gasteiger partial charge in [-0.15, -0.1) is 0 Å². The molecule has 0 aromatic heterocycles. The van der Waals surface area contributed by atoms with E-state index in [9.17, 15) is 0 Å². The SMILES string of the molecule is Cc1ccc(N(c2ccc(-c3ccc4c(c3)Cc3ccccc3-4)cc2)c2ccc(-c3ccc4c(c3)Cc3ccccc3-4)cc2)cc1.Cc1ccc(N(c2ccc(-c3ccccc3)cc2)c2ccc(-c3ccc4c(c3)Cc3ccccc3-4)cc2)cc1.Cc1ccc(N(c2ccc(-c3ccccc3)cc2)c2ccc(-c3ccc4ccccc4c3)cc2)cc1. The quantitative estimate of drug-likeness (QED) is 0.101. The van der Waals surface area contributed by atoms with E-state index < -0.39 is 0 Å². The third-order valence-corrected chi connectivity index (χ3v) is 24.3. The van der Waals surface area contributed by atoms with Gasteiger partial charge in [0.2, 0.25) is 0 Å². The van der Waals surface area contributed by atoms with Gasteiger partial charge in [0.05, 0.1) is 0 Å². The molecule has 3 aliphatic carbocycles. The fourth-order valence-corrected chi connectivity index (χ4v) is 17.8. The molecule has 0 spiro atoms. The minimum Gasteiger partial charge on any atom is -0.311 e. The molecule has 0 aliphatic heterocycles. The average molecular weight is 1550 g/mol. The second kappa shape index (κ2) is 33.1. The Morgan fingerprint density at radius 1 is 0.140 bits per heavy atom. The highest BCUT2D eigenvalue weighted by Gasteiger charge is 2.24. The van der Waals surface area contributed by atoms with Crippen molar-refractivity contribution < 1.29 is 0 Å². The third kappa shape index (κ3) is 15.6. The summed E-state index contributed by atoms with van der Waals surface area (Å²) in [7, 11) is 0. The van der Waals surface area contributed by atoms with Gasteiger partial charge in [-0.1, -0.05) is 350 Å². The summed E-state index contributed by atoms with van der Waals surface area (Å²) < 4.78 is 0. The van der Waals surface area contributed by atoms with Crippen LogP contribution in [0.2, 0.25) is 0 Å². The molecule has 0 heterocycles. The van der Waals surface area contributed by atoms with E-state index in [1.807, 2.05) is 0 Å². The van der Waals surface area contributed by atoms with Crippen molar-refractivity contribution in [2.24, 2.45) is 0 Å². The molecule has 19 aromatic rings. The van der Waals surface area contributed by atoms with Crippen LogP contribution in [-0.4, -0.2) is 0 Å². The number of benzene rings is 19. The Kier molecular flexibility index (Phi) is 20.4. The van der Waals surface area contributed by atoms with Crippen molar-refractivity contribution in [2.45, 2.75) is 40.0 Å². The Morgan fingerprint density at radius 3 is 0.628 bits per heavy atom. The molecule has 0 saturated heterocycles. The fraction of sp³-hybridized carbons (Fsp3) is 0.0508. The second-order valence-electron chi connectivity index (χ2n) is 32.2. The molecule has 3 nitrogen and oxygen atoms in total. The second-order valence-corrected chi connectivity index (χ2v) is 32.2. The van der Waals surface area contributed by atoms with E-state index >= 15 is 0 Å². The molecular weight excluding hydrogens is 1460 g/mol. The number of fused-ring (bicyclic) bond motifs is 10. The molecule has 0 atom stereocenters.